The first-order chi connectivity index (χ1) is 9.41. The molecule has 0 radical (unpaired) electrons. The largest absolute Gasteiger partial charge is 0.388 e. The molecule has 2 aromatic carbocycles. The van der Waals surface area contributed by atoms with E-state index < -0.39 is 0 Å². The van der Waals surface area contributed by atoms with Gasteiger partial charge in [-0.05, 0) is 41.3 Å². The van der Waals surface area contributed by atoms with Crippen LogP contribution in [0.3, 0.4) is 0 Å². The van der Waals surface area contributed by atoms with E-state index in [0.717, 1.165) is 5.69 Å². The number of nitrogens with zero attached hydrogens (tertiary/aromatic N) is 1. The van der Waals surface area contributed by atoms with Crippen LogP contribution in [0.15, 0.2) is 48.5 Å². The van der Waals surface area contributed by atoms with Crippen LogP contribution in [0.1, 0.15) is 26.3 Å². The Bertz CT molecular complexity index is 565. The van der Waals surface area contributed by atoms with Crippen molar-refractivity contribution in [2.45, 2.75) is 26.2 Å². The molecule has 2 heteroatoms. The summed E-state index contributed by atoms with van der Waals surface area (Å²) in [5, 5.41) is 3.18. The van der Waals surface area contributed by atoms with Crippen molar-refractivity contribution in [3.05, 3.63) is 54.1 Å². The van der Waals surface area contributed by atoms with Crippen LogP contribution in [0, 0.1) is 0 Å². The number of nitrogens with one attached hydrogen (secondary N) is 1. The SMILES string of the molecule is CNc1cccc(N(C)c2ccc(C(C)(C)C)cc2)c1. The van der Waals surface area contributed by atoms with Gasteiger partial charge in [0.25, 0.3) is 0 Å². The Kier molecular flexibility index (Phi) is 4.03. The van der Waals surface area contributed by atoms with Crippen molar-refractivity contribution in [3.63, 3.8) is 0 Å². The van der Waals surface area contributed by atoms with Crippen molar-refractivity contribution in [3.8, 4) is 0 Å². The summed E-state index contributed by atoms with van der Waals surface area (Å²) in [4.78, 5) is 2.20. The van der Waals surface area contributed by atoms with Gasteiger partial charge in [0.2, 0.25) is 0 Å². The fraction of sp³-hybridized carbons (Fsp3) is 0.333. The molecule has 0 atom stereocenters. The zero-order valence-electron chi connectivity index (χ0n) is 13.1. The van der Waals surface area contributed by atoms with E-state index in [1.807, 2.05) is 7.05 Å². The van der Waals surface area contributed by atoms with Gasteiger partial charge in [-0.15, -0.1) is 0 Å². The molecular formula is C18H24N2. The van der Waals surface area contributed by atoms with Gasteiger partial charge in [-0.25, -0.2) is 0 Å². The monoisotopic (exact) mass is 268 g/mol. The van der Waals surface area contributed by atoms with E-state index in [4.69, 9.17) is 0 Å². The highest BCUT2D eigenvalue weighted by atomic mass is 15.1. The van der Waals surface area contributed by atoms with Crippen molar-refractivity contribution in [2.75, 3.05) is 24.3 Å². The first-order valence-electron chi connectivity index (χ1n) is 7.04. The molecular weight excluding hydrogens is 244 g/mol. The minimum absolute atomic E-state index is 0.198. The van der Waals surface area contributed by atoms with E-state index in [-0.39, 0.29) is 5.41 Å². The second-order valence-corrected chi connectivity index (χ2v) is 6.16. The Balaban J connectivity index is 2.26. The number of anilines is 3. The minimum Gasteiger partial charge on any atom is -0.388 e. The predicted molar refractivity (Wildman–Crippen MR) is 89.2 cm³/mol. The van der Waals surface area contributed by atoms with Gasteiger partial charge in [0.15, 0.2) is 0 Å². The maximum Gasteiger partial charge on any atom is 0.0428 e. The molecule has 0 heterocycles. The minimum atomic E-state index is 0.198. The first kappa shape index (κ1) is 14.4. The Morgan fingerprint density at radius 1 is 0.900 bits per heavy atom. The quantitative estimate of drug-likeness (QED) is 0.860. The summed E-state index contributed by atoms with van der Waals surface area (Å²) in [7, 11) is 4.04. The topological polar surface area (TPSA) is 15.3 Å². The lowest BCUT2D eigenvalue weighted by atomic mass is 9.87. The number of hydrogen-bond acceptors (Lipinski definition) is 2. The van der Waals surface area contributed by atoms with Gasteiger partial charge in [-0.1, -0.05) is 39.0 Å². The first-order valence-corrected chi connectivity index (χ1v) is 7.04. The Morgan fingerprint density at radius 2 is 1.55 bits per heavy atom. The zero-order valence-corrected chi connectivity index (χ0v) is 13.1. The van der Waals surface area contributed by atoms with Crippen LogP contribution in [0.2, 0.25) is 0 Å². The molecule has 0 aliphatic heterocycles. The summed E-state index contributed by atoms with van der Waals surface area (Å²) < 4.78 is 0. The molecule has 0 bridgehead atoms. The maximum atomic E-state index is 3.18. The molecule has 0 aromatic heterocycles. The third-order valence-electron chi connectivity index (χ3n) is 3.64. The number of rotatable bonds is 3. The van der Waals surface area contributed by atoms with Gasteiger partial charge in [0.05, 0.1) is 0 Å². The summed E-state index contributed by atoms with van der Waals surface area (Å²) in [5.41, 5.74) is 5.06. The molecule has 2 nitrogen and oxygen atoms in total. The smallest absolute Gasteiger partial charge is 0.0428 e. The van der Waals surface area contributed by atoms with E-state index in [9.17, 15) is 0 Å². The highest BCUT2D eigenvalue weighted by Gasteiger charge is 2.13. The van der Waals surface area contributed by atoms with Crippen molar-refractivity contribution < 1.29 is 0 Å². The lowest BCUT2D eigenvalue weighted by Crippen LogP contribution is -2.13. The molecule has 2 rings (SSSR count). The standard InChI is InChI=1S/C18H24N2/c1-18(2,3)14-9-11-16(12-10-14)20(5)17-8-6-7-15(13-17)19-4/h6-13,19H,1-5H3. The Labute approximate surface area is 122 Å². The van der Waals surface area contributed by atoms with Gasteiger partial charge < -0.3 is 10.2 Å². The molecule has 0 unspecified atom stereocenters. The van der Waals surface area contributed by atoms with Crippen molar-refractivity contribution in [1.82, 2.24) is 0 Å². The third kappa shape index (κ3) is 3.13. The van der Waals surface area contributed by atoms with Gasteiger partial charge in [0.1, 0.15) is 0 Å². The lowest BCUT2D eigenvalue weighted by Gasteiger charge is -2.23. The summed E-state index contributed by atoms with van der Waals surface area (Å²) in [6.45, 7) is 6.71. The molecule has 2 aromatic rings. The Morgan fingerprint density at radius 3 is 2.10 bits per heavy atom. The van der Waals surface area contributed by atoms with Crippen LogP contribution in [0.4, 0.5) is 17.1 Å². The second-order valence-electron chi connectivity index (χ2n) is 6.16. The highest BCUT2D eigenvalue weighted by Crippen LogP contribution is 2.28. The van der Waals surface area contributed by atoms with Gasteiger partial charge in [-0.2, -0.15) is 0 Å². The van der Waals surface area contributed by atoms with Crippen molar-refractivity contribution >= 4 is 17.1 Å². The maximum absolute atomic E-state index is 3.18. The van der Waals surface area contributed by atoms with Crippen molar-refractivity contribution in [2.24, 2.45) is 0 Å². The van der Waals surface area contributed by atoms with Crippen LogP contribution >= 0.6 is 0 Å². The van der Waals surface area contributed by atoms with Crippen molar-refractivity contribution in [1.29, 1.82) is 0 Å². The van der Waals surface area contributed by atoms with E-state index in [1.165, 1.54) is 16.9 Å². The van der Waals surface area contributed by atoms with E-state index in [2.05, 4.69) is 86.6 Å². The molecule has 0 saturated carbocycles. The third-order valence-corrected chi connectivity index (χ3v) is 3.64. The fourth-order valence-corrected chi connectivity index (χ4v) is 2.20. The highest BCUT2D eigenvalue weighted by molar-refractivity contribution is 5.66. The second kappa shape index (κ2) is 5.58. The van der Waals surface area contributed by atoms with E-state index in [0.29, 0.717) is 0 Å². The molecule has 0 saturated heterocycles. The van der Waals surface area contributed by atoms with E-state index in [1.54, 1.807) is 0 Å². The molecule has 0 aliphatic carbocycles. The van der Waals surface area contributed by atoms with Crippen LogP contribution in [-0.4, -0.2) is 14.1 Å². The summed E-state index contributed by atoms with van der Waals surface area (Å²) in [5.74, 6) is 0. The average Bonchev–Trinajstić information content (AvgIpc) is 2.46. The molecule has 0 spiro atoms. The summed E-state index contributed by atoms with van der Waals surface area (Å²) >= 11 is 0. The van der Waals surface area contributed by atoms with Crippen LogP contribution in [0.5, 0.6) is 0 Å². The zero-order chi connectivity index (χ0) is 14.8. The molecule has 106 valence electrons. The average molecular weight is 268 g/mol. The van der Waals surface area contributed by atoms with Gasteiger partial charge in [0, 0.05) is 31.2 Å². The molecule has 1 N–H and O–H groups in total. The Hall–Kier alpha value is -1.96. The van der Waals surface area contributed by atoms with Crippen LogP contribution in [-0.2, 0) is 5.41 Å². The number of hydrogen-bond donors (Lipinski definition) is 1. The van der Waals surface area contributed by atoms with Gasteiger partial charge in [-0.3, -0.25) is 0 Å². The molecule has 20 heavy (non-hydrogen) atoms. The molecule has 0 fully saturated rings. The lowest BCUT2D eigenvalue weighted by molar-refractivity contribution is 0.590. The normalized spacial score (nSPS) is 11.2. The predicted octanol–water partition coefficient (Wildman–Crippen LogP) is 4.79. The molecule has 0 aliphatic rings. The van der Waals surface area contributed by atoms with Crippen LogP contribution < -0.4 is 10.2 Å². The van der Waals surface area contributed by atoms with Crippen LogP contribution in [0.25, 0.3) is 0 Å². The number of benzene rings is 2. The summed E-state index contributed by atoms with van der Waals surface area (Å²) in [6, 6.07) is 17.2. The molecule has 0 amide bonds. The summed E-state index contributed by atoms with van der Waals surface area (Å²) in [6.07, 6.45) is 0. The van der Waals surface area contributed by atoms with Gasteiger partial charge >= 0.3 is 0 Å². The van der Waals surface area contributed by atoms with E-state index >= 15 is 0 Å². The fourth-order valence-electron chi connectivity index (χ4n) is 2.20.